The van der Waals surface area contributed by atoms with Crippen LogP contribution in [0.3, 0.4) is 0 Å². The Morgan fingerprint density at radius 1 is 1.12 bits per heavy atom. The molecule has 0 saturated heterocycles. The molecule has 0 aliphatic carbocycles. The van der Waals surface area contributed by atoms with Crippen molar-refractivity contribution in [3.05, 3.63) is 66.4 Å². The molecule has 3 N–H and O–H groups in total. The summed E-state index contributed by atoms with van der Waals surface area (Å²) in [6.07, 6.45) is 4.94. The van der Waals surface area contributed by atoms with Crippen molar-refractivity contribution in [1.82, 2.24) is 25.1 Å². The van der Waals surface area contributed by atoms with Gasteiger partial charge in [0.15, 0.2) is 5.82 Å². The number of anilines is 1. The number of carbonyl (C=O) groups excluding carboxylic acids is 1. The standard InChI is InChI=1S/C25H28N6O2.ClH/c1-3-30(4-2)15-14-26-25-24-21(17-31(28-24)19-8-6-5-7-9-19)20-16-18(10-12-22(20)27-25)11-13-23(32)29-33;/h5-13,16-17,33H,3-4,14-15H2,1-2H3,(H,26,27)(H,29,32);1H/b13-11+;. The molecule has 1 amide bonds. The third kappa shape index (κ3) is 5.53. The number of para-hydroxylation sites is 1. The van der Waals surface area contributed by atoms with E-state index in [1.807, 2.05) is 59.4 Å². The maximum Gasteiger partial charge on any atom is 0.267 e. The van der Waals surface area contributed by atoms with E-state index in [0.29, 0.717) is 0 Å². The number of hydroxylamine groups is 1. The van der Waals surface area contributed by atoms with Crippen LogP contribution in [-0.2, 0) is 4.79 Å². The van der Waals surface area contributed by atoms with Crippen LogP contribution in [0.4, 0.5) is 5.82 Å². The molecule has 0 bridgehead atoms. The molecule has 2 aromatic carbocycles. The highest BCUT2D eigenvalue weighted by molar-refractivity contribution is 6.09. The smallest absolute Gasteiger partial charge is 0.267 e. The molecule has 0 atom stereocenters. The molecule has 2 heterocycles. The minimum absolute atomic E-state index is 0. The second kappa shape index (κ2) is 11.6. The van der Waals surface area contributed by atoms with Gasteiger partial charge in [0, 0.05) is 36.1 Å². The van der Waals surface area contributed by atoms with Crippen LogP contribution in [0.1, 0.15) is 19.4 Å². The van der Waals surface area contributed by atoms with Gasteiger partial charge in [0.1, 0.15) is 5.52 Å². The van der Waals surface area contributed by atoms with E-state index in [1.54, 1.807) is 11.6 Å². The zero-order chi connectivity index (χ0) is 23.2. The number of halogens is 1. The molecule has 9 heteroatoms. The summed E-state index contributed by atoms with van der Waals surface area (Å²) in [4.78, 5) is 18.6. The lowest BCUT2D eigenvalue weighted by Gasteiger charge is -2.18. The third-order valence-corrected chi connectivity index (χ3v) is 5.65. The summed E-state index contributed by atoms with van der Waals surface area (Å²) in [6.45, 7) is 8.02. The Hall–Kier alpha value is -3.46. The van der Waals surface area contributed by atoms with E-state index in [4.69, 9.17) is 15.3 Å². The van der Waals surface area contributed by atoms with Gasteiger partial charge >= 0.3 is 0 Å². The van der Waals surface area contributed by atoms with Gasteiger partial charge in [0.05, 0.1) is 11.2 Å². The molecule has 2 aromatic heterocycles. The normalized spacial score (nSPS) is 11.3. The number of hydrogen-bond acceptors (Lipinski definition) is 6. The van der Waals surface area contributed by atoms with E-state index in [9.17, 15) is 4.79 Å². The highest BCUT2D eigenvalue weighted by Gasteiger charge is 2.14. The van der Waals surface area contributed by atoms with Crippen molar-refractivity contribution in [3.63, 3.8) is 0 Å². The van der Waals surface area contributed by atoms with E-state index >= 15 is 0 Å². The lowest BCUT2D eigenvalue weighted by Crippen LogP contribution is -2.28. The molecule has 0 aliphatic rings. The molecule has 0 aliphatic heterocycles. The summed E-state index contributed by atoms with van der Waals surface area (Å²) >= 11 is 0. The van der Waals surface area contributed by atoms with Gasteiger partial charge in [0.2, 0.25) is 0 Å². The van der Waals surface area contributed by atoms with Gasteiger partial charge in [0.25, 0.3) is 5.91 Å². The zero-order valence-corrected chi connectivity index (χ0v) is 20.0. The van der Waals surface area contributed by atoms with Crippen LogP contribution in [0, 0.1) is 0 Å². The van der Waals surface area contributed by atoms with E-state index in [0.717, 1.165) is 65.1 Å². The van der Waals surface area contributed by atoms with E-state index in [-0.39, 0.29) is 12.4 Å². The van der Waals surface area contributed by atoms with Crippen LogP contribution >= 0.6 is 12.4 Å². The molecule has 0 radical (unpaired) electrons. The Morgan fingerprint density at radius 3 is 2.59 bits per heavy atom. The summed E-state index contributed by atoms with van der Waals surface area (Å²) in [5, 5.41) is 19.0. The molecule has 8 nitrogen and oxygen atoms in total. The molecular formula is C25H29ClN6O2. The topological polar surface area (TPSA) is 95.3 Å². The monoisotopic (exact) mass is 480 g/mol. The lowest BCUT2D eigenvalue weighted by atomic mass is 10.1. The highest BCUT2D eigenvalue weighted by atomic mass is 35.5. The van der Waals surface area contributed by atoms with Gasteiger partial charge in [-0.15, -0.1) is 12.4 Å². The summed E-state index contributed by atoms with van der Waals surface area (Å²) in [5.41, 5.74) is 5.02. The number of fused-ring (bicyclic) bond motifs is 3. The predicted molar refractivity (Wildman–Crippen MR) is 139 cm³/mol. The largest absolute Gasteiger partial charge is 0.367 e. The number of carbonyl (C=O) groups is 1. The molecule has 0 spiro atoms. The third-order valence-electron chi connectivity index (χ3n) is 5.65. The SMILES string of the molecule is CCN(CC)CCNc1nc2ccc(/C=C/C(=O)NO)cc2c2cn(-c3ccccc3)nc12.Cl. The second-order valence-electron chi connectivity index (χ2n) is 7.67. The van der Waals surface area contributed by atoms with Gasteiger partial charge in [-0.3, -0.25) is 10.0 Å². The highest BCUT2D eigenvalue weighted by Crippen LogP contribution is 2.30. The van der Waals surface area contributed by atoms with Crippen molar-refractivity contribution >= 4 is 52.0 Å². The fraction of sp³-hybridized carbons (Fsp3) is 0.240. The first-order chi connectivity index (χ1) is 16.1. The fourth-order valence-corrected chi connectivity index (χ4v) is 3.81. The van der Waals surface area contributed by atoms with E-state index in [2.05, 4.69) is 24.1 Å². The maximum atomic E-state index is 11.4. The Bertz CT molecular complexity index is 1290. The van der Waals surface area contributed by atoms with Crippen LogP contribution in [-0.4, -0.2) is 57.0 Å². The Morgan fingerprint density at radius 2 is 1.88 bits per heavy atom. The van der Waals surface area contributed by atoms with Gasteiger partial charge in [-0.05, 0) is 49.0 Å². The molecule has 0 saturated carbocycles. The average Bonchev–Trinajstić information content (AvgIpc) is 3.32. The number of nitrogens with zero attached hydrogens (tertiary/aromatic N) is 4. The molecule has 0 unspecified atom stereocenters. The first-order valence-corrected chi connectivity index (χ1v) is 11.1. The van der Waals surface area contributed by atoms with Crippen molar-refractivity contribution < 1.29 is 10.0 Å². The van der Waals surface area contributed by atoms with E-state index in [1.165, 1.54) is 6.08 Å². The first-order valence-electron chi connectivity index (χ1n) is 11.1. The number of rotatable bonds is 9. The summed E-state index contributed by atoms with van der Waals surface area (Å²) < 4.78 is 1.86. The molecule has 178 valence electrons. The van der Waals surface area contributed by atoms with Crippen molar-refractivity contribution in [1.29, 1.82) is 0 Å². The van der Waals surface area contributed by atoms with Gasteiger partial charge in [-0.25, -0.2) is 15.1 Å². The van der Waals surface area contributed by atoms with Crippen LogP contribution in [0.15, 0.2) is 60.8 Å². The molecule has 4 aromatic rings. The Balaban J connectivity index is 0.00000324. The minimum Gasteiger partial charge on any atom is -0.367 e. The van der Waals surface area contributed by atoms with E-state index < -0.39 is 5.91 Å². The van der Waals surface area contributed by atoms with Crippen LogP contribution in [0.2, 0.25) is 0 Å². The van der Waals surface area contributed by atoms with Gasteiger partial charge in [-0.1, -0.05) is 38.1 Å². The fourth-order valence-electron chi connectivity index (χ4n) is 3.81. The lowest BCUT2D eigenvalue weighted by molar-refractivity contribution is -0.124. The first kappa shape index (κ1) is 25.2. The van der Waals surface area contributed by atoms with Crippen molar-refractivity contribution in [2.45, 2.75) is 13.8 Å². The van der Waals surface area contributed by atoms with Crippen LogP contribution in [0.25, 0.3) is 33.6 Å². The number of hydrogen-bond donors (Lipinski definition) is 3. The molecular weight excluding hydrogens is 452 g/mol. The molecule has 0 fully saturated rings. The van der Waals surface area contributed by atoms with Crippen molar-refractivity contribution in [3.8, 4) is 5.69 Å². The number of pyridine rings is 1. The molecule has 4 rings (SSSR count). The van der Waals surface area contributed by atoms with Crippen LogP contribution < -0.4 is 10.8 Å². The molecule has 34 heavy (non-hydrogen) atoms. The summed E-state index contributed by atoms with van der Waals surface area (Å²) in [6, 6.07) is 15.8. The summed E-state index contributed by atoms with van der Waals surface area (Å²) in [7, 11) is 0. The average molecular weight is 481 g/mol. The number of likely N-dealkylation sites (N-methyl/N-ethyl adjacent to an activating group) is 1. The number of nitrogens with one attached hydrogen (secondary N) is 2. The van der Waals surface area contributed by atoms with Crippen molar-refractivity contribution in [2.24, 2.45) is 0 Å². The number of aromatic nitrogens is 3. The van der Waals surface area contributed by atoms with Gasteiger partial charge in [-0.2, -0.15) is 5.10 Å². The minimum atomic E-state index is -0.581. The number of amides is 1. The second-order valence-corrected chi connectivity index (χ2v) is 7.67. The van der Waals surface area contributed by atoms with Crippen molar-refractivity contribution in [2.75, 3.05) is 31.5 Å². The quantitative estimate of drug-likeness (QED) is 0.188. The maximum absolute atomic E-state index is 11.4. The number of benzene rings is 2. The summed E-state index contributed by atoms with van der Waals surface area (Å²) in [5.74, 6) is 0.172. The Kier molecular flexibility index (Phi) is 8.59. The van der Waals surface area contributed by atoms with Crippen LogP contribution in [0.5, 0.6) is 0 Å². The zero-order valence-electron chi connectivity index (χ0n) is 19.2. The van der Waals surface area contributed by atoms with Gasteiger partial charge < -0.3 is 10.2 Å². The predicted octanol–water partition coefficient (Wildman–Crippen LogP) is 4.27. The Labute approximate surface area is 204 Å².